The van der Waals surface area contributed by atoms with Gasteiger partial charge in [0.1, 0.15) is 0 Å². The molecule has 3 aromatic rings. The highest BCUT2D eigenvalue weighted by molar-refractivity contribution is 9.10. The Morgan fingerprint density at radius 1 is 1.00 bits per heavy atom. The van der Waals surface area contributed by atoms with E-state index in [1.54, 1.807) is 6.20 Å². The minimum absolute atomic E-state index is 0.714. The van der Waals surface area contributed by atoms with Crippen molar-refractivity contribution in [2.75, 3.05) is 11.1 Å². The summed E-state index contributed by atoms with van der Waals surface area (Å²) in [5.74, 6) is 0. The zero-order valence-corrected chi connectivity index (χ0v) is 13.6. The molecule has 0 atom stereocenters. The molecular weight excluding hydrogens is 382 g/mol. The number of hydrogen-bond donors (Lipinski definition) is 2. The number of nitrogens with two attached hydrogens (primary N) is 1. The summed E-state index contributed by atoms with van der Waals surface area (Å²) in [6, 6.07) is 13.8. The zero-order valence-electron chi connectivity index (χ0n) is 10.4. The Morgan fingerprint density at radius 3 is 2.60 bits per heavy atom. The Kier molecular flexibility index (Phi) is 3.63. The van der Waals surface area contributed by atoms with Crippen molar-refractivity contribution in [2.24, 2.45) is 0 Å². The number of hydrogen-bond acceptors (Lipinski definition) is 3. The van der Waals surface area contributed by atoms with Gasteiger partial charge in [0.25, 0.3) is 0 Å². The van der Waals surface area contributed by atoms with Gasteiger partial charge < -0.3 is 11.1 Å². The summed E-state index contributed by atoms with van der Waals surface area (Å²) in [5, 5.41) is 4.31. The lowest BCUT2D eigenvalue weighted by Crippen LogP contribution is -1.96. The number of benzene rings is 2. The molecule has 1 heterocycles. The van der Waals surface area contributed by atoms with Gasteiger partial charge in [0, 0.05) is 26.2 Å². The molecule has 1 aromatic heterocycles. The van der Waals surface area contributed by atoms with Gasteiger partial charge in [0.15, 0.2) is 0 Å². The van der Waals surface area contributed by atoms with Crippen LogP contribution in [0.1, 0.15) is 0 Å². The highest BCUT2D eigenvalue weighted by Crippen LogP contribution is 2.32. The van der Waals surface area contributed by atoms with Gasteiger partial charge in [-0.3, -0.25) is 4.98 Å². The van der Waals surface area contributed by atoms with Crippen molar-refractivity contribution in [3.8, 4) is 0 Å². The summed E-state index contributed by atoms with van der Waals surface area (Å²) in [4.78, 5) is 4.46. The second-order valence-electron chi connectivity index (χ2n) is 4.36. The number of nitrogens with one attached hydrogen (secondary N) is 1. The average molecular weight is 393 g/mol. The summed E-state index contributed by atoms with van der Waals surface area (Å²) in [6.07, 6.45) is 1.77. The van der Waals surface area contributed by atoms with Crippen molar-refractivity contribution in [2.45, 2.75) is 0 Å². The predicted molar refractivity (Wildman–Crippen MR) is 91.3 cm³/mol. The molecule has 0 radical (unpaired) electrons. The summed E-state index contributed by atoms with van der Waals surface area (Å²) in [5.41, 5.74) is 9.50. The van der Waals surface area contributed by atoms with Crippen LogP contribution in [-0.2, 0) is 0 Å². The van der Waals surface area contributed by atoms with Crippen LogP contribution in [0.5, 0.6) is 0 Å². The molecule has 0 amide bonds. The van der Waals surface area contributed by atoms with Crippen LogP contribution >= 0.6 is 31.9 Å². The van der Waals surface area contributed by atoms with Gasteiger partial charge in [-0.25, -0.2) is 0 Å². The number of fused-ring (bicyclic) bond motifs is 1. The summed E-state index contributed by atoms with van der Waals surface area (Å²) < 4.78 is 1.91. The number of pyridine rings is 1. The Labute approximate surface area is 133 Å². The quantitative estimate of drug-likeness (QED) is 0.597. The smallest absolute Gasteiger partial charge is 0.0958 e. The maximum absolute atomic E-state index is 6.02. The molecule has 0 fully saturated rings. The minimum atomic E-state index is 0.714. The molecule has 0 saturated carbocycles. The maximum Gasteiger partial charge on any atom is 0.0958 e. The number of nitrogens with zero attached hydrogens (tertiary/aromatic N) is 1. The monoisotopic (exact) mass is 391 g/mol. The Hall–Kier alpha value is -1.59. The molecule has 0 aliphatic carbocycles. The van der Waals surface area contributed by atoms with E-state index >= 15 is 0 Å². The second kappa shape index (κ2) is 5.42. The SMILES string of the molecule is Nc1ccc(Nc2ccccc2Br)c2ncc(Br)cc12. The summed E-state index contributed by atoms with van der Waals surface area (Å²) >= 11 is 6.95. The van der Waals surface area contributed by atoms with Crippen molar-refractivity contribution >= 4 is 59.8 Å². The van der Waals surface area contributed by atoms with Crippen molar-refractivity contribution in [1.82, 2.24) is 4.98 Å². The van der Waals surface area contributed by atoms with Crippen molar-refractivity contribution < 1.29 is 0 Å². The van der Waals surface area contributed by atoms with E-state index in [9.17, 15) is 0 Å². The lowest BCUT2D eigenvalue weighted by atomic mass is 10.1. The van der Waals surface area contributed by atoms with Crippen LogP contribution in [0.15, 0.2) is 57.6 Å². The Bertz CT molecular complexity index is 787. The summed E-state index contributed by atoms with van der Waals surface area (Å²) in [6.45, 7) is 0. The fraction of sp³-hybridized carbons (Fsp3) is 0. The van der Waals surface area contributed by atoms with Crippen LogP contribution in [0.25, 0.3) is 10.9 Å². The number of nitrogen functional groups attached to an aromatic ring is 1. The van der Waals surface area contributed by atoms with Gasteiger partial charge in [-0.05, 0) is 62.2 Å². The molecule has 0 bridgehead atoms. The van der Waals surface area contributed by atoms with Crippen molar-refractivity contribution in [3.05, 3.63) is 57.6 Å². The van der Waals surface area contributed by atoms with E-state index in [0.29, 0.717) is 5.69 Å². The fourth-order valence-electron chi connectivity index (χ4n) is 2.02. The van der Waals surface area contributed by atoms with Gasteiger partial charge in [0.05, 0.1) is 16.9 Å². The van der Waals surface area contributed by atoms with Crippen molar-refractivity contribution in [3.63, 3.8) is 0 Å². The third kappa shape index (κ3) is 2.51. The highest BCUT2D eigenvalue weighted by atomic mass is 79.9. The zero-order chi connectivity index (χ0) is 14.1. The van der Waals surface area contributed by atoms with Crippen LogP contribution in [0.3, 0.4) is 0 Å². The van der Waals surface area contributed by atoms with Crippen LogP contribution in [0.2, 0.25) is 0 Å². The molecule has 0 spiro atoms. The molecule has 0 unspecified atom stereocenters. The Balaban J connectivity index is 2.13. The van der Waals surface area contributed by atoms with Gasteiger partial charge >= 0.3 is 0 Å². The van der Waals surface area contributed by atoms with Crippen LogP contribution in [0, 0.1) is 0 Å². The van der Waals surface area contributed by atoms with Gasteiger partial charge in [-0.2, -0.15) is 0 Å². The molecule has 3 N–H and O–H groups in total. The number of aromatic nitrogens is 1. The Morgan fingerprint density at radius 2 is 1.80 bits per heavy atom. The predicted octanol–water partition coefficient (Wildman–Crippen LogP) is 5.09. The first-order valence-corrected chi connectivity index (χ1v) is 7.59. The molecular formula is C15H11Br2N3. The molecule has 0 saturated heterocycles. The highest BCUT2D eigenvalue weighted by Gasteiger charge is 2.07. The normalized spacial score (nSPS) is 10.7. The van der Waals surface area contributed by atoms with E-state index in [2.05, 4.69) is 42.2 Å². The topological polar surface area (TPSA) is 50.9 Å². The lowest BCUT2D eigenvalue weighted by molar-refractivity contribution is 1.38. The largest absolute Gasteiger partial charge is 0.398 e. The lowest BCUT2D eigenvalue weighted by Gasteiger charge is -2.12. The van der Waals surface area contributed by atoms with Crippen LogP contribution in [-0.4, -0.2) is 4.98 Å². The molecule has 0 aliphatic rings. The van der Waals surface area contributed by atoms with Crippen molar-refractivity contribution in [1.29, 1.82) is 0 Å². The van der Waals surface area contributed by atoms with Gasteiger partial charge in [-0.1, -0.05) is 12.1 Å². The number of halogens is 2. The standard InChI is InChI=1S/C15H11Br2N3/c16-9-7-10-12(18)5-6-14(15(10)19-8-9)20-13-4-2-1-3-11(13)17/h1-8,20H,18H2. The first kappa shape index (κ1) is 13.4. The van der Waals surface area contributed by atoms with E-state index in [1.807, 2.05) is 42.5 Å². The fourth-order valence-corrected chi connectivity index (χ4v) is 2.74. The maximum atomic E-state index is 6.02. The van der Waals surface area contributed by atoms with E-state index in [0.717, 1.165) is 31.2 Å². The third-order valence-corrected chi connectivity index (χ3v) is 4.12. The molecule has 5 heteroatoms. The average Bonchev–Trinajstić information content (AvgIpc) is 2.44. The minimum Gasteiger partial charge on any atom is -0.398 e. The molecule has 100 valence electrons. The second-order valence-corrected chi connectivity index (χ2v) is 6.13. The molecule has 0 aliphatic heterocycles. The molecule has 3 rings (SSSR count). The van der Waals surface area contributed by atoms with Crippen LogP contribution in [0.4, 0.5) is 17.1 Å². The van der Waals surface area contributed by atoms with E-state index in [1.165, 1.54) is 0 Å². The number of rotatable bonds is 2. The van der Waals surface area contributed by atoms with Gasteiger partial charge in [-0.15, -0.1) is 0 Å². The van der Waals surface area contributed by atoms with Gasteiger partial charge in [0.2, 0.25) is 0 Å². The first-order valence-electron chi connectivity index (χ1n) is 6.00. The van der Waals surface area contributed by atoms with Crippen LogP contribution < -0.4 is 11.1 Å². The molecule has 2 aromatic carbocycles. The number of anilines is 3. The van der Waals surface area contributed by atoms with E-state index < -0.39 is 0 Å². The molecule has 20 heavy (non-hydrogen) atoms. The number of para-hydroxylation sites is 1. The first-order chi connectivity index (χ1) is 9.65. The van der Waals surface area contributed by atoms with E-state index in [-0.39, 0.29) is 0 Å². The summed E-state index contributed by atoms with van der Waals surface area (Å²) in [7, 11) is 0. The third-order valence-electron chi connectivity index (χ3n) is 2.99. The molecule has 3 nitrogen and oxygen atoms in total. The van der Waals surface area contributed by atoms with E-state index in [4.69, 9.17) is 5.73 Å².